The number of aryl methyl sites for hydroxylation is 1. The Morgan fingerprint density at radius 1 is 1.15 bits per heavy atom. The Balaban J connectivity index is 2.10. The van der Waals surface area contributed by atoms with Crippen LogP contribution in [0.3, 0.4) is 0 Å². The molecule has 2 aromatic carbocycles. The van der Waals surface area contributed by atoms with Crippen LogP contribution >= 0.6 is 0 Å². The minimum absolute atomic E-state index is 0.0372. The standard InChI is InChI=1S/C20H14N4O2/c21-11-14(12-22)9-18-13-24(8-7-19(25)26)23-20(18)17-6-5-15-3-1-2-4-16(15)10-17/h1-6,9-10,13H,7-8H2,(H,25,26). The van der Waals surface area contributed by atoms with E-state index in [0.29, 0.717) is 11.3 Å². The fourth-order valence-electron chi connectivity index (χ4n) is 2.67. The van der Waals surface area contributed by atoms with Crippen molar-refractivity contribution >= 4 is 22.8 Å². The Morgan fingerprint density at radius 2 is 1.88 bits per heavy atom. The summed E-state index contributed by atoms with van der Waals surface area (Å²) in [5, 5.41) is 33.5. The lowest BCUT2D eigenvalue weighted by atomic mass is 10.0. The van der Waals surface area contributed by atoms with Crippen LogP contribution in [0.2, 0.25) is 0 Å². The molecule has 0 aliphatic heterocycles. The normalized spacial score (nSPS) is 10.1. The summed E-state index contributed by atoms with van der Waals surface area (Å²) in [5.41, 5.74) is 2.00. The summed E-state index contributed by atoms with van der Waals surface area (Å²) >= 11 is 0. The number of hydrogen-bond acceptors (Lipinski definition) is 4. The molecule has 0 aliphatic carbocycles. The van der Waals surface area contributed by atoms with E-state index in [1.54, 1.807) is 6.20 Å². The molecule has 3 rings (SSSR count). The molecule has 0 radical (unpaired) electrons. The van der Waals surface area contributed by atoms with Gasteiger partial charge in [0.25, 0.3) is 0 Å². The molecule has 126 valence electrons. The van der Waals surface area contributed by atoms with Crippen LogP contribution in [0.25, 0.3) is 28.1 Å². The predicted octanol–water partition coefficient (Wildman–Crippen LogP) is 3.61. The van der Waals surface area contributed by atoms with Crippen molar-refractivity contribution in [3.05, 3.63) is 59.8 Å². The number of benzene rings is 2. The minimum Gasteiger partial charge on any atom is -0.481 e. The smallest absolute Gasteiger partial charge is 0.305 e. The van der Waals surface area contributed by atoms with Gasteiger partial charge in [0.2, 0.25) is 0 Å². The first-order valence-electron chi connectivity index (χ1n) is 7.91. The molecule has 6 heteroatoms. The highest BCUT2D eigenvalue weighted by Gasteiger charge is 2.12. The van der Waals surface area contributed by atoms with Crippen LogP contribution in [0.4, 0.5) is 0 Å². The molecule has 0 fully saturated rings. The molecule has 0 bridgehead atoms. The molecule has 0 spiro atoms. The zero-order valence-electron chi connectivity index (χ0n) is 13.8. The maximum absolute atomic E-state index is 10.8. The van der Waals surface area contributed by atoms with Crippen LogP contribution in [0.1, 0.15) is 12.0 Å². The summed E-state index contributed by atoms with van der Waals surface area (Å²) in [6.45, 7) is 0.207. The summed E-state index contributed by atoms with van der Waals surface area (Å²) in [6.07, 6.45) is 3.06. The van der Waals surface area contributed by atoms with Crippen molar-refractivity contribution in [1.82, 2.24) is 9.78 Å². The van der Waals surface area contributed by atoms with E-state index >= 15 is 0 Å². The second-order valence-corrected chi connectivity index (χ2v) is 5.68. The number of carboxylic acid groups (broad SMARTS) is 1. The zero-order valence-corrected chi connectivity index (χ0v) is 13.8. The van der Waals surface area contributed by atoms with Gasteiger partial charge in [0.1, 0.15) is 17.7 Å². The highest BCUT2D eigenvalue weighted by Crippen LogP contribution is 2.27. The molecule has 0 saturated carbocycles. The highest BCUT2D eigenvalue weighted by atomic mass is 16.4. The number of hydrogen-bond donors (Lipinski definition) is 1. The van der Waals surface area contributed by atoms with E-state index in [-0.39, 0.29) is 18.5 Å². The van der Waals surface area contributed by atoms with E-state index < -0.39 is 5.97 Å². The molecular formula is C20H14N4O2. The first kappa shape index (κ1) is 16.9. The number of fused-ring (bicyclic) bond motifs is 1. The lowest BCUT2D eigenvalue weighted by molar-refractivity contribution is -0.137. The minimum atomic E-state index is -0.917. The Bertz CT molecular complexity index is 1080. The van der Waals surface area contributed by atoms with Crippen LogP contribution in [-0.2, 0) is 11.3 Å². The summed E-state index contributed by atoms with van der Waals surface area (Å²) in [7, 11) is 0. The number of aliphatic carboxylic acids is 1. The Kier molecular flexibility index (Phi) is 4.78. The fourth-order valence-corrected chi connectivity index (χ4v) is 2.67. The topological polar surface area (TPSA) is 103 Å². The average molecular weight is 342 g/mol. The second kappa shape index (κ2) is 7.33. The third kappa shape index (κ3) is 3.61. The largest absolute Gasteiger partial charge is 0.481 e. The van der Waals surface area contributed by atoms with Gasteiger partial charge in [0, 0.05) is 17.3 Å². The number of nitrogens with zero attached hydrogens (tertiary/aromatic N) is 4. The number of nitriles is 2. The Morgan fingerprint density at radius 3 is 2.58 bits per heavy atom. The molecule has 0 amide bonds. The molecule has 3 aromatic rings. The Labute approximate surface area is 149 Å². The van der Waals surface area contributed by atoms with Crippen LogP contribution in [0.15, 0.2) is 54.2 Å². The number of carboxylic acids is 1. The molecule has 0 atom stereocenters. The molecule has 0 aliphatic rings. The molecule has 1 N–H and O–H groups in total. The average Bonchev–Trinajstić information content (AvgIpc) is 3.06. The molecule has 1 aromatic heterocycles. The van der Waals surface area contributed by atoms with E-state index in [1.165, 1.54) is 10.8 Å². The third-order valence-electron chi connectivity index (χ3n) is 3.91. The summed E-state index contributed by atoms with van der Waals surface area (Å²) < 4.78 is 1.52. The van der Waals surface area contributed by atoms with Gasteiger partial charge in [-0.1, -0.05) is 36.4 Å². The maximum atomic E-state index is 10.8. The van der Waals surface area contributed by atoms with Crippen molar-refractivity contribution in [2.24, 2.45) is 0 Å². The van der Waals surface area contributed by atoms with Crippen molar-refractivity contribution in [2.45, 2.75) is 13.0 Å². The van der Waals surface area contributed by atoms with E-state index in [4.69, 9.17) is 15.6 Å². The van der Waals surface area contributed by atoms with Crippen LogP contribution in [0.5, 0.6) is 0 Å². The van der Waals surface area contributed by atoms with Gasteiger partial charge in [-0.05, 0) is 22.9 Å². The highest BCUT2D eigenvalue weighted by molar-refractivity contribution is 5.88. The fraction of sp³-hybridized carbons (Fsp3) is 0.100. The number of rotatable bonds is 5. The molecule has 6 nitrogen and oxygen atoms in total. The van der Waals surface area contributed by atoms with Gasteiger partial charge in [-0.15, -0.1) is 0 Å². The quantitative estimate of drug-likeness (QED) is 0.714. The van der Waals surface area contributed by atoms with Gasteiger partial charge in [0.15, 0.2) is 0 Å². The lowest BCUT2D eigenvalue weighted by Gasteiger charge is -2.03. The van der Waals surface area contributed by atoms with Crippen LogP contribution in [0, 0.1) is 22.7 Å². The molecular weight excluding hydrogens is 328 g/mol. The predicted molar refractivity (Wildman–Crippen MR) is 96.6 cm³/mol. The van der Waals surface area contributed by atoms with Crippen molar-refractivity contribution in [3.63, 3.8) is 0 Å². The summed E-state index contributed by atoms with van der Waals surface area (Å²) in [5.74, 6) is -0.917. The molecule has 26 heavy (non-hydrogen) atoms. The zero-order chi connectivity index (χ0) is 18.5. The number of aromatic nitrogens is 2. The molecule has 0 unspecified atom stereocenters. The van der Waals surface area contributed by atoms with Gasteiger partial charge >= 0.3 is 5.97 Å². The van der Waals surface area contributed by atoms with Crippen molar-refractivity contribution < 1.29 is 9.90 Å². The maximum Gasteiger partial charge on any atom is 0.305 e. The Hall–Kier alpha value is -3.90. The van der Waals surface area contributed by atoms with Crippen LogP contribution in [-0.4, -0.2) is 20.9 Å². The van der Waals surface area contributed by atoms with E-state index in [2.05, 4.69) is 5.10 Å². The monoisotopic (exact) mass is 342 g/mol. The second-order valence-electron chi connectivity index (χ2n) is 5.68. The number of allylic oxidation sites excluding steroid dienone is 1. The van der Waals surface area contributed by atoms with Crippen LogP contribution < -0.4 is 0 Å². The third-order valence-corrected chi connectivity index (χ3v) is 3.91. The van der Waals surface area contributed by atoms with E-state index in [1.807, 2.05) is 54.6 Å². The van der Waals surface area contributed by atoms with Gasteiger partial charge in [-0.25, -0.2) is 0 Å². The van der Waals surface area contributed by atoms with Crippen molar-refractivity contribution in [1.29, 1.82) is 10.5 Å². The lowest BCUT2D eigenvalue weighted by Crippen LogP contribution is -2.04. The van der Waals surface area contributed by atoms with Gasteiger partial charge in [-0.2, -0.15) is 15.6 Å². The summed E-state index contributed by atoms with van der Waals surface area (Å²) in [6, 6.07) is 17.5. The van der Waals surface area contributed by atoms with Crippen molar-refractivity contribution in [3.8, 4) is 23.4 Å². The van der Waals surface area contributed by atoms with Gasteiger partial charge < -0.3 is 5.11 Å². The van der Waals surface area contributed by atoms with Gasteiger partial charge in [0.05, 0.1) is 18.7 Å². The summed E-state index contributed by atoms with van der Waals surface area (Å²) in [4.78, 5) is 10.8. The van der Waals surface area contributed by atoms with Crippen molar-refractivity contribution in [2.75, 3.05) is 0 Å². The molecule has 1 heterocycles. The SMILES string of the molecule is N#CC(C#N)=Cc1cn(CCC(=O)O)nc1-c1ccc2ccccc2c1. The molecule has 0 saturated heterocycles. The first-order chi connectivity index (χ1) is 12.6. The number of carbonyl (C=O) groups is 1. The van der Waals surface area contributed by atoms with E-state index in [0.717, 1.165) is 16.3 Å². The van der Waals surface area contributed by atoms with E-state index in [9.17, 15) is 4.79 Å². The first-order valence-corrected chi connectivity index (χ1v) is 7.91. The van der Waals surface area contributed by atoms with Gasteiger partial charge in [-0.3, -0.25) is 9.48 Å².